The molecule has 0 aliphatic heterocycles. The maximum Gasteiger partial charge on any atom is 0.417 e. The molecule has 1 aromatic carbocycles. The average molecular weight is 328 g/mol. The number of hydrogen-bond acceptors (Lipinski definition) is 3. The van der Waals surface area contributed by atoms with Crippen molar-refractivity contribution in [3.8, 4) is 0 Å². The molecule has 0 spiro atoms. The highest BCUT2D eigenvalue weighted by atomic mass is 32.1. The zero-order chi connectivity index (χ0) is 16.2. The molecule has 0 fully saturated rings. The zero-order valence-corrected chi connectivity index (χ0v) is 11.5. The molecule has 1 aromatic rings. The van der Waals surface area contributed by atoms with E-state index in [4.69, 9.17) is 10.8 Å². The molecular weight excluding hydrogens is 315 g/mol. The Labute approximate surface area is 123 Å². The first kappa shape index (κ1) is 17.6. The van der Waals surface area contributed by atoms with Gasteiger partial charge in [0.2, 0.25) is 0 Å². The minimum absolute atomic E-state index is 0.0864. The highest BCUT2D eigenvalue weighted by molar-refractivity contribution is 7.80. The van der Waals surface area contributed by atoms with E-state index in [0.29, 0.717) is 6.07 Å². The molecule has 0 unspecified atom stereocenters. The fourth-order valence-corrected chi connectivity index (χ4v) is 1.97. The standard InChI is InChI=1S/C12H13F5N2OS/c13-10(14)6-19(3-4-20)7-1-2-8(11(18)21)9(5-7)12(15,16)17/h1-2,5,10,20H,3-4,6H2,(H2,18,21). The van der Waals surface area contributed by atoms with E-state index >= 15 is 0 Å². The highest BCUT2D eigenvalue weighted by Crippen LogP contribution is 2.34. The van der Waals surface area contributed by atoms with Crippen molar-refractivity contribution < 1.29 is 27.1 Å². The molecule has 0 saturated heterocycles. The maximum atomic E-state index is 13.0. The molecule has 0 radical (unpaired) electrons. The Hall–Kier alpha value is -1.48. The molecule has 0 amide bonds. The van der Waals surface area contributed by atoms with Crippen LogP contribution in [-0.2, 0) is 6.18 Å². The Kier molecular flexibility index (Phi) is 5.85. The second kappa shape index (κ2) is 6.99. The Morgan fingerprint density at radius 1 is 1.33 bits per heavy atom. The van der Waals surface area contributed by atoms with Crippen molar-refractivity contribution in [3.05, 3.63) is 29.3 Å². The van der Waals surface area contributed by atoms with E-state index in [1.54, 1.807) is 0 Å². The third kappa shape index (κ3) is 4.78. The minimum Gasteiger partial charge on any atom is -0.395 e. The summed E-state index contributed by atoms with van der Waals surface area (Å²) in [6, 6.07) is 2.95. The third-order valence-electron chi connectivity index (χ3n) is 2.67. The molecule has 3 nitrogen and oxygen atoms in total. The van der Waals surface area contributed by atoms with E-state index in [9.17, 15) is 22.0 Å². The van der Waals surface area contributed by atoms with Gasteiger partial charge in [-0.25, -0.2) is 8.78 Å². The van der Waals surface area contributed by atoms with Crippen LogP contribution in [0.5, 0.6) is 0 Å². The lowest BCUT2D eigenvalue weighted by Gasteiger charge is -2.25. The van der Waals surface area contributed by atoms with Crippen LogP contribution in [0.1, 0.15) is 11.1 Å². The van der Waals surface area contributed by atoms with Crippen LogP contribution >= 0.6 is 12.2 Å². The quantitative estimate of drug-likeness (QED) is 0.622. The Morgan fingerprint density at radius 3 is 2.38 bits per heavy atom. The lowest BCUT2D eigenvalue weighted by Crippen LogP contribution is -2.32. The summed E-state index contributed by atoms with van der Waals surface area (Å²) in [7, 11) is 0. The van der Waals surface area contributed by atoms with Crippen molar-refractivity contribution in [3.63, 3.8) is 0 Å². The average Bonchev–Trinajstić information content (AvgIpc) is 2.36. The molecule has 0 aromatic heterocycles. The highest BCUT2D eigenvalue weighted by Gasteiger charge is 2.34. The van der Waals surface area contributed by atoms with Crippen molar-refractivity contribution in [2.75, 3.05) is 24.6 Å². The molecule has 21 heavy (non-hydrogen) atoms. The minimum atomic E-state index is -4.72. The zero-order valence-electron chi connectivity index (χ0n) is 10.7. The van der Waals surface area contributed by atoms with Gasteiger partial charge in [0.1, 0.15) is 4.99 Å². The second-order valence-electron chi connectivity index (χ2n) is 4.15. The van der Waals surface area contributed by atoms with Gasteiger partial charge in [0, 0.05) is 17.8 Å². The van der Waals surface area contributed by atoms with Gasteiger partial charge in [-0.1, -0.05) is 12.2 Å². The number of anilines is 1. The molecule has 1 rings (SSSR count). The Morgan fingerprint density at radius 2 is 1.95 bits per heavy atom. The van der Waals surface area contributed by atoms with E-state index in [-0.39, 0.29) is 17.8 Å². The van der Waals surface area contributed by atoms with Crippen LogP contribution in [0.15, 0.2) is 18.2 Å². The predicted octanol–water partition coefficient (Wildman–Crippen LogP) is 2.40. The molecule has 0 atom stereocenters. The van der Waals surface area contributed by atoms with E-state index < -0.39 is 36.3 Å². The van der Waals surface area contributed by atoms with Crippen LogP contribution in [0.2, 0.25) is 0 Å². The summed E-state index contributed by atoms with van der Waals surface area (Å²) in [6.07, 6.45) is -7.47. The Balaban J connectivity index is 3.28. The maximum absolute atomic E-state index is 13.0. The van der Waals surface area contributed by atoms with Crippen LogP contribution < -0.4 is 10.6 Å². The Bertz CT molecular complexity index is 507. The van der Waals surface area contributed by atoms with Crippen LogP contribution in [0.25, 0.3) is 0 Å². The van der Waals surface area contributed by atoms with Gasteiger partial charge in [0.25, 0.3) is 6.43 Å². The molecule has 0 saturated carbocycles. The number of halogens is 5. The lowest BCUT2D eigenvalue weighted by atomic mass is 10.1. The summed E-state index contributed by atoms with van der Waals surface area (Å²) in [6.45, 7) is -1.47. The van der Waals surface area contributed by atoms with E-state index in [2.05, 4.69) is 12.2 Å². The number of nitrogens with two attached hydrogens (primary N) is 1. The van der Waals surface area contributed by atoms with E-state index in [1.165, 1.54) is 6.07 Å². The van der Waals surface area contributed by atoms with Gasteiger partial charge < -0.3 is 15.7 Å². The second-order valence-corrected chi connectivity index (χ2v) is 4.59. The first-order valence-electron chi connectivity index (χ1n) is 5.81. The van der Waals surface area contributed by atoms with Gasteiger partial charge in [-0.05, 0) is 18.2 Å². The lowest BCUT2D eigenvalue weighted by molar-refractivity contribution is -0.137. The van der Waals surface area contributed by atoms with Gasteiger partial charge >= 0.3 is 6.18 Å². The van der Waals surface area contributed by atoms with Crippen LogP contribution in [-0.4, -0.2) is 36.2 Å². The smallest absolute Gasteiger partial charge is 0.395 e. The number of hydrogen-bond donors (Lipinski definition) is 2. The van der Waals surface area contributed by atoms with Crippen molar-refractivity contribution in [2.24, 2.45) is 5.73 Å². The first-order valence-corrected chi connectivity index (χ1v) is 6.22. The predicted molar refractivity (Wildman–Crippen MR) is 72.6 cm³/mol. The SMILES string of the molecule is NC(=S)c1ccc(N(CCO)CC(F)F)cc1C(F)(F)F. The van der Waals surface area contributed by atoms with Crippen molar-refractivity contribution in [2.45, 2.75) is 12.6 Å². The molecule has 0 bridgehead atoms. The summed E-state index contributed by atoms with van der Waals surface area (Å²) >= 11 is 4.55. The topological polar surface area (TPSA) is 49.5 Å². The van der Waals surface area contributed by atoms with Crippen molar-refractivity contribution >= 4 is 22.9 Å². The third-order valence-corrected chi connectivity index (χ3v) is 2.89. The fraction of sp³-hybridized carbons (Fsp3) is 0.417. The van der Waals surface area contributed by atoms with Crippen LogP contribution in [0, 0.1) is 0 Å². The molecule has 0 aliphatic rings. The van der Waals surface area contributed by atoms with E-state index in [0.717, 1.165) is 11.0 Å². The normalized spacial score (nSPS) is 11.8. The number of alkyl halides is 5. The number of thiocarbonyl (C=S) groups is 1. The largest absolute Gasteiger partial charge is 0.417 e. The monoisotopic (exact) mass is 328 g/mol. The molecule has 9 heteroatoms. The molecule has 3 N–H and O–H groups in total. The summed E-state index contributed by atoms with van der Waals surface area (Å²) < 4.78 is 63.8. The number of rotatable bonds is 6. The number of benzene rings is 1. The van der Waals surface area contributed by atoms with Crippen LogP contribution in [0.4, 0.5) is 27.6 Å². The van der Waals surface area contributed by atoms with Gasteiger partial charge in [-0.2, -0.15) is 13.2 Å². The van der Waals surface area contributed by atoms with Gasteiger partial charge in [-0.3, -0.25) is 0 Å². The number of aliphatic hydroxyl groups excluding tert-OH is 1. The van der Waals surface area contributed by atoms with E-state index in [1.807, 2.05) is 0 Å². The summed E-state index contributed by atoms with van der Waals surface area (Å²) in [5, 5.41) is 8.83. The van der Waals surface area contributed by atoms with Gasteiger partial charge in [-0.15, -0.1) is 0 Å². The van der Waals surface area contributed by atoms with Crippen molar-refractivity contribution in [1.29, 1.82) is 0 Å². The fourth-order valence-electron chi connectivity index (χ4n) is 1.79. The van der Waals surface area contributed by atoms with Gasteiger partial charge in [0.15, 0.2) is 0 Å². The molecule has 0 aliphatic carbocycles. The van der Waals surface area contributed by atoms with Gasteiger partial charge in [0.05, 0.1) is 18.7 Å². The molecule has 0 heterocycles. The number of aliphatic hydroxyl groups is 1. The van der Waals surface area contributed by atoms with Crippen LogP contribution in [0.3, 0.4) is 0 Å². The van der Waals surface area contributed by atoms with Crippen molar-refractivity contribution in [1.82, 2.24) is 0 Å². The summed E-state index contributed by atoms with van der Waals surface area (Å²) in [4.78, 5) is 0.528. The molecular formula is C12H13F5N2OS. The summed E-state index contributed by atoms with van der Waals surface area (Å²) in [5.74, 6) is 0. The molecule has 118 valence electrons. The first-order chi connectivity index (χ1) is 9.66. The number of nitrogens with zero attached hydrogens (tertiary/aromatic N) is 1. The summed E-state index contributed by atoms with van der Waals surface area (Å²) in [5.41, 5.74) is 3.68.